The van der Waals surface area contributed by atoms with E-state index in [0.717, 1.165) is 28.6 Å². The first-order valence-electron chi connectivity index (χ1n) is 7.10. The monoisotopic (exact) mass is 279 g/mol. The fraction of sp³-hybridized carbons (Fsp3) is 0.176. The lowest BCUT2D eigenvalue weighted by molar-refractivity contribution is 0.0953. The Kier molecular flexibility index (Phi) is 3.69. The van der Waals surface area contributed by atoms with Gasteiger partial charge >= 0.3 is 0 Å². The number of fused-ring (bicyclic) bond motifs is 1. The number of rotatable bonds is 4. The van der Waals surface area contributed by atoms with Gasteiger partial charge in [-0.15, -0.1) is 0 Å². The van der Waals surface area contributed by atoms with Crippen LogP contribution in [-0.2, 0) is 0 Å². The minimum atomic E-state index is -0.0296. The zero-order valence-corrected chi connectivity index (χ0v) is 11.9. The van der Waals surface area contributed by atoms with Gasteiger partial charge in [0.15, 0.2) is 0 Å². The van der Waals surface area contributed by atoms with E-state index in [1.807, 2.05) is 49.5 Å². The summed E-state index contributed by atoms with van der Waals surface area (Å²) in [4.78, 5) is 19.5. The molecule has 4 heteroatoms. The number of benzene rings is 1. The van der Waals surface area contributed by atoms with Crippen molar-refractivity contribution >= 4 is 16.9 Å². The molecule has 2 aromatic heterocycles. The van der Waals surface area contributed by atoms with Crippen LogP contribution in [0.1, 0.15) is 23.7 Å². The number of nitrogens with one attached hydrogen (secondary N) is 2. The molecule has 4 nitrogen and oxygen atoms in total. The fourth-order valence-electron chi connectivity index (χ4n) is 2.38. The molecule has 3 aromatic rings. The molecule has 0 spiro atoms. The number of amides is 1. The predicted octanol–water partition coefficient (Wildman–Crippen LogP) is 3.37. The van der Waals surface area contributed by atoms with Crippen molar-refractivity contribution in [1.82, 2.24) is 15.3 Å². The minimum Gasteiger partial charge on any atom is -0.352 e. The zero-order valence-electron chi connectivity index (χ0n) is 11.9. The molecule has 0 aliphatic carbocycles. The second kappa shape index (κ2) is 5.79. The smallest absolute Gasteiger partial charge is 0.251 e. The number of H-pyrrole nitrogens is 1. The molecule has 0 aliphatic heterocycles. The first kappa shape index (κ1) is 13.4. The number of carbonyl (C=O) groups excluding carboxylic acids is 1. The molecule has 0 bridgehead atoms. The molecular weight excluding hydrogens is 262 g/mol. The highest BCUT2D eigenvalue weighted by Gasteiger charge is 2.09. The van der Waals surface area contributed by atoms with Crippen molar-refractivity contribution in [2.24, 2.45) is 0 Å². The molecule has 0 aliphatic rings. The van der Waals surface area contributed by atoms with Crippen molar-refractivity contribution < 1.29 is 4.79 Å². The molecule has 0 radical (unpaired) electrons. The normalized spacial score (nSPS) is 10.7. The lowest BCUT2D eigenvalue weighted by Gasteiger charge is -2.07. The van der Waals surface area contributed by atoms with Crippen molar-refractivity contribution in [1.29, 1.82) is 0 Å². The van der Waals surface area contributed by atoms with Gasteiger partial charge in [0, 0.05) is 29.9 Å². The molecule has 3 rings (SSSR count). The molecule has 0 unspecified atom stereocenters. The summed E-state index contributed by atoms with van der Waals surface area (Å²) in [7, 11) is 0. The summed E-state index contributed by atoms with van der Waals surface area (Å²) < 4.78 is 0. The molecule has 106 valence electrons. The van der Waals surface area contributed by atoms with Gasteiger partial charge in [-0.3, -0.25) is 4.79 Å². The van der Waals surface area contributed by atoms with E-state index in [-0.39, 0.29) is 5.91 Å². The van der Waals surface area contributed by atoms with Crippen LogP contribution in [0.5, 0.6) is 0 Å². The SMILES string of the molecule is CCCNC(=O)c1cccc(-c2ccnc3[nH]ccc23)c1. The van der Waals surface area contributed by atoms with Crippen molar-refractivity contribution in [3.63, 3.8) is 0 Å². The average molecular weight is 279 g/mol. The highest BCUT2D eigenvalue weighted by Crippen LogP contribution is 2.27. The molecule has 0 saturated heterocycles. The first-order valence-corrected chi connectivity index (χ1v) is 7.10. The van der Waals surface area contributed by atoms with Gasteiger partial charge in [-0.25, -0.2) is 4.98 Å². The highest BCUT2D eigenvalue weighted by atomic mass is 16.1. The number of aromatic amines is 1. The Morgan fingerprint density at radius 3 is 3.05 bits per heavy atom. The van der Waals surface area contributed by atoms with Crippen LogP contribution in [0.4, 0.5) is 0 Å². The van der Waals surface area contributed by atoms with Crippen LogP contribution in [0.3, 0.4) is 0 Å². The van der Waals surface area contributed by atoms with Crippen molar-refractivity contribution in [3.05, 3.63) is 54.4 Å². The third-order valence-electron chi connectivity index (χ3n) is 3.43. The van der Waals surface area contributed by atoms with E-state index in [0.29, 0.717) is 12.1 Å². The van der Waals surface area contributed by atoms with E-state index in [1.165, 1.54) is 0 Å². The Morgan fingerprint density at radius 2 is 2.19 bits per heavy atom. The Balaban J connectivity index is 2.00. The number of nitrogens with zero attached hydrogens (tertiary/aromatic N) is 1. The summed E-state index contributed by atoms with van der Waals surface area (Å²) in [5.74, 6) is -0.0296. The standard InChI is InChI=1S/C17H17N3O/c1-2-8-20-17(21)13-5-3-4-12(11-13)14-6-9-18-16-15(14)7-10-19-16/h3-7,9-11H,2,8H2,1H3,(H,18,19)(H,20,21). The lowest BCUT2D eigenvalue weighted by Crippen LogP contribution is -2.23. The second-order valence-electron chi connectivity index (χ2n) is 4.94. The predicted molar refractivity (Wildman–Crippen MR) is 84.2 cm³/mol. The van der Waals surface area contributed by atoms with E-state index in [4.69, 9.17) is 0 Å². The summed E-state index contributed by atoms with van der Waals surface area (Å²) in [5, 5.41) is 3.96. The Morgan fingerprint density at radius 1 is 1.29 bits per heavy atom. The zero-order chi connectivity index (χ0) is 14.7. The molecule has 21 heavy (non-hydrogen) atoms. The number of aromatic nitrogens is 2. The average Bonchev–Trinajstić information content (AvgIpc) is 3.01. The van der Waals surface area contributed by atoms with E-state index in [9.17, 15) is 4.79 Å². The number of hydrogen-bond donors (Lipinski definition) is 2. The molecule has 1 amide bonds. The number of hydrogen-bond acceptors (Lipinski definition) is 2. The van der Waals surface area contributed by atoms with Crippen LogP contribution in [-0.4, -0.2) is 22.4 Å². The topological polar surface area (TPSA) is 57.8 Å². The Bertz CT molecular complexity index is 776. The second-order valence-corrected chi connectivity index (χ2v) is 4.94. The molecule has 0 atom stereocenters. The van der Waals surface area contributed by atoms with E-state index < -0.39 is 0 Å². The summed E-state index contributed by atoms with van der Waals surface area (Å²) in [5.41, 5.74) is 3.63. The maximum atomic E-state index is 12.1. The Labute approximate surface area is 123 Å². The lowest BCUT2D eigenvalue weighted by atomic mass is 10.0. The maximum absolute atomic E-state index is 12.1. The maximum Gasteiger partial charge on any atom is 0.251 e. The van der Waals surface area contributed by atoms with E-state index >= 15 is 0 Å². The van der Waals surface area contributed by atoms with Gasteiger partial charge in [0.2, 0.25) is 0 Å². The minimum absolute atomic E-state index is 0.0296. The van der Waals surface area contributed by atoms with Crippen molar-refractivity contribution in [2.75, 3.05) is 6.54 Å². The molecular formula is C17H17N3O. The van der Waals surface area contributed by atoms with Crippen LogP contribution < -0.4 is 5.32 Å². The molecule has 2 N–H and O–H groups in total. The van der Waals surface area contributed by atoms with E-state index in [2.05, 4.69) is 15.3 Å². The molecule has 0 saturated carbocycles. The van der Waals surface area contributed by atoms with Crippen LogP contribution in [0.2, 0.25) is 0 Å². The number of carbonyl (C=O) groups is 1. The van der Waals surface area contributed by atoms with Gasteiger partial charge in [-0.05, 0) is 41.8 Å². The van der Waals surface area contributed by atoms with Crippen molar-refractivity contribution in [3.8, 4) is 11.1 Å². The third-order valence-corrected chi connectivity index (χ3v) is 3.43. The highest BCUT2D eigenvalue weighted by molar-refractivity contribution is 5.98. The molecule has 2 heterocycles. The Hall–Kier alpha value is -2.62. The van der Waals surface area contributed by atoms with Crippen molar-refractivity contribution in [2.45, 2.75) is 13.3 Å². The van der Waals surface area contributed by atoms with Gasteiger partial charge in [-0.1, -0.05) is 19.1 Å². The molecule has 0 fully saturated rings. The summed E-state index contributed by atoms with van der Waals surface area (Å²) >= 11 is 0. The third kappa shape index (κ3) is 2.65. The number of pyridine rings is 1. The molecule has 1 aromatic carbocycles. The summed E-state index contributed by atoms with van der Waals surface area (Å²) in [6.07, 6.45) is 4.58. The quantitative estimate of drug-likeness (QED) is 0.769. The first-order chi connectivity index (χ1) is 10.3. The van der Waals surface area contributed by atoms with Gasteiger partial charge in [-0.2, -0.15) is 0 Å². The fourth-order valence-corrected chi connectivity index (χ4v) is 2.38. The van der Waals surface area contributed by atoms with E-state index in [1.54, 1.807) is 6.20 Å². The largest absolute Gasteiger partial charge is 0.352 e. The summed E-state index contributed by atoms with van der Waals surface area (Å²) in [6, 6.07) is 11.7. The van der Waals surface area contributed by atoms with Gasteiger partial charge in [0.1, 0.15) is 5.65 Å². The summed E-state index contributed by atoms with van der Waals surface area (Å²) in [6.45, 7) is 2.73. The van der Waals surface area contributed by atoms with Gasteiger partial charge < -0.3 is 10.3 Å². The van der Waals surface area contributed by atoms with Crippen LogP contribution in [0, 0.1) is 0 Å². The van der Waals surface area contributed by atoms with Crippen LogP contribution in [0.15, 0.2) is 48.8 Å². The van der Waals surface area contributed by atoms with Gasteiger partial charge in [0.05, 0.1) is 0 Å². The van der Waals surface area contributed by atoms with Gasteiger partial charge in [0.25, 0.3) is 5.91 Å². The van der Waals surface area contributed by atoms with Crippen LogP contribution in [0.25, 0.3) is 22.2 Å². The van der Waals surface area contributed by atoms with Crippen LogP contribution >= 0.6 is 0 Å².